The fraction of sp³-hybridized carbons (Fsp3) is 0.300. The molecule has 0 aliphatic rings. The van der Waals surface area contributed by atoms with E-state index in [2.05, 4.69) is 0 Å². The van der Waals surface area contributed by atoms with E-state index >= 15 is 0 Å². The molecule has 18 heavy (non-hydrogen) atoms. The van der Waals surface area contributed by atoms with Crippen molar-refractivity contribution in [3.8, 4) is 5.75 Å². The van der Waals surface area contributed by atoms with E-state index in [9.17, 15) is 22.7 Å². The highest BCUT2D eigenvalue weighted by molar-refractivity contribution is 7.90. The van der Waals surface area contributed by atoms with Gasteiger partial charge in [0.2, 0.25) is 0 Å². The molecule has 0 fully saturated rings. The largest absolute Gasteiger partial charge is 0.496 e. The van der Waals surface area contributed by atoms with Crippen LogP contribution in [0.15, 0.2) is 17.0 Å². The van der Waals surface area contributed by atoms with Crippen LogP contribution < -0.4 is 4.74 Å². The summed E-state index contributed by atoms with van der Waals surface area (Å²) in [4.78, 5) is 9.99. The molecule has 1 aromatic rings. The molecular formula is C10H11FO6S. The van der Waals surface area contributed by atoms with Gasteiger partial charge in [0.1, 0.15) is 16.5 Å². The lowest BCUT2D eigenvalue weighted by atomic mass is 10.1. The molecule has 1 aromatic carbocycles. The lowest BCUT2D eigenvalue weighted by Crippen LogP contribution is -2.13. The van der Waals surface area contributed by atoms with E-state index in [-0.39, 0.29) is 11.3 Å². The van der Waals surface area contributed by atoms with Crippen LogP contribution in [0.4, 0.5) is 4.39 Å². The molecule has 6 nitrogen and oxygen atoms in total. The third-order valence-electron chi connectivity index (χ3n) is 2.21. The lowest BCUT2D eigenvalue weighted by molar-refractivity contribution is -0.147. The molecule has 0 aliphatic carbocycles. The Kier molecular flexibility index (Phi) is 3.92. The topological polar surface area (TPSA) is 101 Å². The first-order valence-electron chi connectivity index (χ1n) is 4.67. The SMILES string of the molecule is COc1cc(S(C)(=O)=O)c(F)cc1C(O)C(=O)O. The van der Waals surface area contributed by atoms with Gasteiger partial charge in [-0.2, -0.15) is 0 Å². The van der Waals surface area contributed by atoms with E-state index in [0.29, 0.717) is 6.07 Å². The predicted octanol–water partition coefficient (Wildman–Crippen LogP) is 0.356. The van der Waals surface area contributed by atoms with Gasteiger partial charge in [-0.15, -0.1) is 0 Å². The van der Waals surface area contributed by atoms with Crippen LogP contribution in [-0.4, -0.2) is 38.0 Å². The maximum absolute atomic E-state index is 13.5. The Morgan fingerprint density at radius 1 is 1.44 bits per heavy atom. The summed E-state index contributed by atoms with van der Waals surface area (Å²) in [7, 11) is -2.66. The van der Waals surface area contributed by atoms with Gasteiger partial charge in [-0.25, -0.2) is 17.6 Å². The Labute approximate surface area is 103 Å². The molecule has 8 heteroatoms. The number of hydrogen-bond acceptors (Lipinski definition) is 5. The number of aliphatic hydroxyl groups excluding tert-OH is 1. The highest BCUT2D eigenvalue weighted by Gasteiger charge is 2.25. The third-order valence-corrected chi connectivity index (χ3v) is 3.32. The molecule has 0 aliphatic heterocycles. The average molecular weight is 278 g/mol. The van der Waals surface area contributed by atoms with E-state index in [0.717, 1.165) is 19.4 Å². The van der Waals surface area contributed by atoms with Crippen molar-refractivity contribution in [3.63, 3.8) is 0 Å². The first-order valence-corrected chi connectivity index (χ1v) is 6.56. The highest BCUT2D eigenvalue weighted by atomic mass is 32.2. The van der Waals surface area contributed by atoms with Gasteiger partial charge >= 0.3 is 5.97 Å². The fourth-order valence-corrected chi connectivity index (χ4v) is 2.09. The van der Waals surface area contributed by atoms with E-state index in [4.69, 9.17) is 9.84 Å². The van der Waals surface area contributed by atoms with Gasteiger partial charge in [-0.05, 0) is 6.07 Å². The molecule has 1 rings (SSSR count). The maximum atomic E-state index is 13.5. The molecule has 2 N–H and O–H groups in total. The number of aliphatic hydroxyl groups is 1. The summed E-state index contributed by atoms with van der Waals surface area (Å²) in [5.74, 6) is -2.96. The molecule has 0 aromatic heterocycles. The molecule has 0 saturated carbocycles. The van der Waals surface area contributed by atoms with Crippen LogP contribution in [0, 0.1) is 5.82 Å². The summed E-state index contributed by atoms with van der Waals surface area (Å²) in [5, 5.41) is 18.0. The Bertz CT molecular complexity index is 580. The molecule has 0 saturated heterocycles. The number of halogens is 1. The summed E-state index contributed by atoms with van der Waals surface area (Å²) >= 11 is 0. The van der Waals surface area contributed by atoms with Crippen LogP contribution in [0.3, 0.4) is 0 Å². The molecule has 1 unspecified atom stereocenters. The van der Waals surface area contributed by atoms with Crippen molar-refractivity contribution in [2.45, 2.75) is 11.0 Å². The van der Waals surface area contributed by atoms with E-state index in [1.165, 1.54) is 0 Å². The van der Waals surface area contributed by atoms with Gasteiger partial charge in [0.25, 0.3) is 0 Å². The van der Waals surface area contributed by atoms with Gasteiger partial charge in [0.05, 0.1) is 7.11 Å². The van der Waals surface area contributed by atoms with E-state index < -0.39 is 32.6 Å². The zero-order chi connectivity index (χ0) is 14.1. The highest BCUT2D eigenvalue weighted by Crippen LogP contribution is 2.30. The number of rotatable bonds is 4. The normalized spacial score (nSPS) is 13.1. The van der Waals surface area contributed by atoms with Crippen LogP contribution in [0.2, 0.25) is 0 Å². The molecule has 0 radical (unpaired) electrons. The van der Waals surface area contributed by atoms with Crippen molar-refractivity contribution < 1.29 is 32.6 Å². The number of aliphatic carboxylic acids is 1. The Morgan fingerprint density at radius 3 is 2.39 bits per heavy atom. The van der Waals surface area contributed by atoms with Crippen molar-refractivity contribution in [2.75, 3.05) is 13.4 Å². The second kappa shape index (κ2) is 4.91. The first kappa shape index (κ1) is 14.4. The molecule has 1 atom stereocenters. The van der Waals surface area contributed by atoms with Crippen LogP contribution in [-0.2, 0) is 14.6 Å². The smallest absolute Gasteiger partial charge is 0.337 e. The van der Waals surface area contributed by atoms with Crippen LogP contribution >= 0.6 is 0 Å². The van der Waals surface area contributed by atoms with Gasteiger partial charge < -0.3 is 14.9 Å². The number of carboxylic acid groups (broad SMARTS) is 1. The summed E-state index contributed by atoms with van der Waals surface area (Å²) in [6, 6.07) is 1.47. The Hall–Kier alpha value is -1.67. The molecule has 100 valence electrons. The van der Waals surface area contributed by atoms with E-state index in [1.807, 2.05) is 0 Å². The second-order valence-electron chi connectivity index (χ2n) is 3.54. The van der Waals surface area contributed by atoms with Crippen molar-refractivity contribution in [3.05, 3.63) is 23.5 Å². The Morgan fingerprint density at radius 2 is 2.00 bits per heavy atom. The maximum Gasteiger partial charge on any atom is 0.337 e. The van der Waals surface area contributed by atoms with Crippen molar-refractivity contribution in [1.82, 2.24) is 0 Å². The van der Waals surface area contributed by atoms with Gasteiger partial charge in [-0.3, -0.25) is 0 Å². The first-order chi connectivity index (χ1) is 8.18. The van der Waals surface area contributed by atoms with Gasteiger partial charge in [0, 0.05) is 17.9 Å². The van der Waals surface area contributed by atoms with E-state index in [1.54, 1.807) is 0 Å². The van der Waals surface area contributed by atoms with Crippen molar-refractivity contribution in [2.24, 2.45) is 0 Å². The molecule has 0 amide bonds. The summed E-state index contributed by atoms with van der Waals surface area (Å²) < 4.78 is 40.8. The van der Waals surface area contributed by atoms with Crippen LogP contribution in [0.1, 0.15) is 11.7 Å². The average Bonchev–Trinajstić information content (AvgIpc) is 2.25. The van der Waals surface area contributed by atoms with Crippen LogP contribution in [0.25, 0.3) is 0 Å². The minimum Gasteiger partial charge on any atom is -0.496 e. The predicted molar refractivity (Wildman–Crippen MR) is 58.7 cm³/mol. The summed E-state index contributed by atoms with van der Waals surface area (Å²) in [5.41, 5.74) is -0.352. The minimum atomic E-state index is -3.81. The standard InChI is InChI=1S/C10H11FO6S/c1-17-7-4-8(18(2,15)16)6(11)3-5(7)9(12)10(13)14/h3-4,9,12H,1-2H3,(H,13,14). The Balaban J connectivity index is 3.50. The number of methoxy groups -OCH3 is 1. The molecule has 0 heterocycles. The minimum absolute atomic E-state index is 0.216. The van der Waals surface area contributed by atoms with Crippen LogP contribution in [0.5, 0.6) is 5.75 Å². The van der Waals surface area contributed by atoms with Crippen molar-refractivity contribution >= 4 is 15.8 Å². The monoisotopic (exact) mass is 278 g/mol. The number of hydrogen-bond donors (Lipinski definition) is 2. The fourth-order valence-electron chi connectivity index (χ4n) is 1.36. The summed E-state index contributed by atoms with van der Waals surface area (Å²) in [6.45, 7) is 0. The number of carbonyl (C=O) groups is 1. The number of carboxylic acids is 1. The molecule has 0 bridgehead atoms. The number of sulfone groups is 1. The summed E-state index contributed by atoms with van der Waals surface area (Å²) in [6.07, 6.45) is -1.19. The quantitative estimate of drug-likeness (QED) is 0.824. The lowest BCUT2D eigenvalue weighted by Gasteiger charge is -2.13. The van der Waals surface area contributed by atoms with Gasteiger partial charge in [0.15, 0.2) is 15.9 Å². The number of benzene rings is 1. The number of ether oxygens (including phenoxy) is 1. The van der Waals surface area contributed by atoms with Crippen molar-refractivity contribution in [1.29, 1.82) is 0 Å². The zero-order valence-electron chi connectivity index (χ0n) is 9.55. The third kappa shape index (κ3) is 2.77. The molecule has 0 spiro atoms. The molecular weight excluding hydrogens is 267 g/mol. The second-order valence-corrected chi connectivity index (χ2v) is 5.52. The van der Waals surface area contributed by atoms with Gasteiger partial charge in [-0.1, -0.05) is 0 Å². The zero-order valence-corrected chi connectivity index (χ0v) is 10.4.